The van der Waals surface area contributed by atoms with Crippen LogP contribution in [0.2, 0.25) is 5.02 Å². The number of hydrogen-bond acceptors (Lipinski definition) is 2. The van der Waals surface area contributed by atoms with Crippen LogP contribution in [-0.2, 0) is 10.2 Å². The van der Waals surface area contributed by atoms with E-state index in [0.29, 0.717) is 31.0 Å². The molecule has 19 heavy (non-hydrogen) atoms. The Kier molecular flexibility index (Phi) is 4.16. The maximum absolute atomic E-state index is 12.6. The lowest BCUT2D eigenvalue weighted by atomic mass is 9.82. The summed E-state index contributed by atoms with van der Waals surface area (Å²) in [6.07, 6.45) is 1.08. The van der Waals surface area contributed by atoms with E-state index in [2.05, 4.69) is 0 Å². The van der Waals surface area contributed by atoms with E-state index in [4.69, 9.17) is 11.6 Å². The van der Waals surface area contributed by atoms with Gasteiger partial charge in [-0.1, -0.05) is 23.7 Å². The maximum atomic E-state index is 12.6. The summed E-state index contributed by atoms with van der Waals surface area (Å²) in [5.41, 5.74) is 0.403. The van der Waals surface area contributed by atoms with Crippen LogP contribution in [0.5, 0.6) is 0 Å². The first-order chi connectivity index (χ1) is 8.91. The second-order valence-corrected chi connectivity index (χ2v) is 6.09. The number of halogens is 1. The number of aliphatic hydroxyl groups is 1. The second kappa shape index (κ2) is 5.51. The van der Waals surface area contributed by atoms with E-state index in [1.165, 1.54) is 0 Å². The molecule has 0 atom stereocenters. The topological polar surface area (TPSA) is 40.5 Å². The fourth-order valence-electron chi connectivity index (χ4n) is 2.45. The largest absolute Gasteiger partial charge is 0.393 e. The molecule has 1 heterocycles. The Morgan fingerprint density at radius 3 is 2.32 bits per heavy atom. The lowest BCUT2D eigenvalue weighted by Crippen LogP contribution is -2.47. The van der Waals surface area contributed by atoms with Crippen LogP contribution in [0.4, 0.5) is 0 Å². The van der Waals surface area contributed by atoms with Crippen molar-refractivity contribution in [2.75, 3.05) is 13.1 Å². The van der Waals surface area contributed by atoms with Crippen molar-refractivity contribution in [3.63, 3.8) is 0 Å². The molecule has 1 N–H and O–H groups in total. The standard InChI is InChI=1S/C15H20ClNO2/c1-15(2,11-3-5-12(16)6-4-11)14(19)17-9-7-13(18)8-10-17/h3-6,13,18H,7-10H2,1-2H3. The van der Waals surface area contributed by atoms with Crippen molar-refractivity contribution in [1.29, 1.82) is 0 Å². The zero-order valence-electron chi connectivity index (χ0n) is 11.4. The van der Waals surface area contributed by atoms with E-state index in [1.54, 1.807) is 0 Å². The zero-order valence-corrected chi connectivity index (χ0v) is 12.2. The molecule has 0 saturated carbocycles. The van der Waals surface area contributed by atoms with Gasteiger partial charge in [-0.2, -0.15) is 0 Å². The number of carbonyl (C=O) groups is 1. The molecule has 0 spiro atoms. The molecule has 4 heteroatoms. The quantitative estimate of drug-likeness (QED) is 0.905. The van der Waals surface area contributed by atoms with E-state index in [9.17, 15) is 9.90 Å². The summed E-state index contributed by atoms with van der Waals surface area (Å²) >= 11 is 5.88. The van der Waals surface area contributed by atoms with Gasteiger partial charge >= 0.3 is 0 Å². The Balaban J connectivity index is 2.14. The summed E-state index contributed by atoms with van der Waals surface area (Å²) in [6, 6.07) is 7.43. The van der Waals surface area contributed by atoms with Crippen molar-refractivity contribution < 1.29 is 9.90 Å². The minimum atomic E-state index is -0.563. The second-order valence-electron chi connectivity index (χ2n) is 5.66. The minimum Gasteiger partial charge on any atom is -0.393 e. The third-order valence-electron chi connectivity index (χ3n) is 3.85. The Labute approximate surface area is 119 Å². The van der Waals surface area contributed by atoms with E-state index >= 15 is 0 Å². The van der Waals surface area contributed by atoms with Crippen LogP contribution in [0.1, 0.15) is 32.3 Å². The van der Waals surface area contributed by atoms with Crippen molar-refractivity contribution in [3.8, 4) is 0 Å². The van der Waals surface area contributed by atoms with Gasteiger partial charge in [-0.15, -0.1) is 0 Å². The molecule has 0 aromatic heterocycles. The van der Waals surface area contributed by atoms with Crippen molar-refractivity contribution in [2.24, 2.45) is 0 Å². The molecule has 0 unspecified atom stereocenters. The molecule has 0 radical (unpaired) electrons. The summed E-state index contributed by atoms with van der Waals surface area (Å²) in [4.78, 5) is 14.5. The van der Waals surface area contributed by atoms with Gasteiger partial charge in [0.25, 0.3) is 0 Å². The van der Waals surface area contributed by atoms with Crippen LogP contribution in [-0.4, -0.2) is 35.1 Å². The van der Waals surface area contributed by atoms with Crippen LogP contribution >= 0.6 is 11.6 Å². The minimum absolute atomic E-state index is 0.113. The third-order valence-corrected chi connectivity index (χ3v) is 4.10. The molecule has 1 amide bonds. The fourth-order valence-corrected chi connectivity index (χ4v) is 2.58. The molecule has 104 valence electrons. The molecule has 1 aliphatic heterocycles. The van der Waals surface area contributed by atoms with Gasteiger partial charge in [0.05, 0.1) is 11.5 Å². The van der Waals surface area contributed by atoms with Crippen molar-refractivity contribution >= 4 is 17.5 Å². The number of rotatable bonds is 2. The predicted molar refractivity (Wildman–Crippen MR) is 76.3 cm³/mol. The number of likely N-dealkylation sites (tertiary alicyclic amines) is 1. The molecular weight excluding hydrogens is 262 g/mol. The molecule has 3 nitrogen and oxygen atoms in total. The van der Waals surface area contributed by atoms with Gasteiger partial charge in [-0.05, 0) is 44.4 Å². The summed E-state index contributed by atoms with van der Waals surface area (Å²) in [7, 11) is 0. The molecule has 2 rings (SSSR count). The number of piperidine rings is 1. The lowest BCUT2D eigenvalue weighted by Gasteiger charge is -2.36. The highest BCUT2D eigenvalue weighted by Crippen LogP contribution is 2.28. The SMILES string of the molecule is CC(C)(C(=O)N1CCC(O)CC1)c1ccc(Cl)cc1. The van der Waals surface area contributed by atoms with Crippen LogP contribution in [0.15, 0.2) is 24.3 Å². The monoisotopic (exact) mass is 281 g/mol. The Morgan fingerprint density at radius 1 is 1.26 bits per heavy atom. The average Bonchev–Trinajstić information content (AvgIpc) is 2.39. The van der Waals surface area contributed by atoms with Crippen molar-refractivity contribution in [2.45, 2.75) is 38.2 Å². The van der Waals surface area contributed by atoms with Gasteiger partial charge in [-0.3, -0.25) is 4.79 Å². The van der Waals surface area contributed by atoms with Crippen LogP contribution in [0, 0.1) is 0 Å². The average molecular weight is 282 g/mol. The summed E-state index contributed by atoms with van der Waals surface area (Å²) in [5, 5.41) is 10.2. The molecule has 1 aliphatic rings. The molecule has 1 aromatic carbocycles. The lowest BCUT2D eigenvalue weighted by molar-refractivity contribution is -0.138. The first-order valence-corrected chi connectivity index (χ1v) is 7.02. The van der Waals surface area contributed by atoms with Gasteiger partial charge in [0.1, 0.15) is 0 Å². The number of nitrogens with zero attached hydrogens (tertiary/aromatic N) is 1. The van der Waals surface area contributed by atoms with Crippen LogP contribution in [0.25, 0.3) is 0 Å². The van der Waals surface area contributed by atoms with Crippen molar-refractivity contribution in [3.05, 3.63) is 34.9 Å². The number of benzene rings is 1. The Morgan fingerprint density at radius 2 is 1.79 bits per heavy atom. The zero-order chi connectivity index (χ0) is 14.0. The van der Waals surface area contributed by atoms with Gasteiger partial charge in [0.2, 0.25) is 5.91 Å². The number of carbonyl (C=O) groups excluding carboxylic acids is 1. The van der Waals surface area contributed by atoms with Crippen LogP contribution in [0.3, 0.4) is 0 Å². The Hall–Kier alpha value is -1.06. The van der Waals surface area contributed by atoms with Crippen LogP contribution < -0.4 is 0 Å². The molecule has 0 aliphatic carbocycles. The summed E-state index contributed by atoms with van der Waals surface area (Å²) < 4.78 is 0. The van der Waals surface area contributed by atoms with E-state index in [0.717, 1.165) is 5.56 Å². The van der Waals surface area contributed by atoms with Gasteiger partial charge in [-0.25, -0.2) is 0 Å². The van der Waals surface area contributed by atoms with Gasteiger partial charge < -0.3 is 10.0 Å². The summed E-state index contributed by atoms with van der Waals surface area (Å²) in [5.74, 6) is 0.113. The Bertz CT molecular complexity index is 448. The van der Waals surface area contributed by atoms with E-state index < -0.39 is 5.41 Å². The predicted octanol–water partition coefficient (Wildman–Crippen LogP) is 2.60. The molecule has 1 saturated heterocycles. The highest BCUT2D eigenvalue weighted by molar-refractivity contribution is 6.30. The smallest absolute Gasteiger partial charge is 0.232 e. The van der Waals surface area contributed by atoms with E-state index in [-0.39, 0.29) is 12.0 Å². The first-order valence-electron chi connectivity index (χ1n) is 6.65. The number of amides is 1. The van der Waals surface area contributed by atoms with Gasteiger partial charge in [0, 0.05) is 18.1 Å². The number of hydrogen-bond donors (Lipinski definition) is 1. The van der Waals surface area contributed by atoms with E-state index in [1.807, 2.05) is 43.0 Å². The summed E-state index contributed by atoms with van der Waals surface area (Å²) in [6.45, 7) is 5.14. The maximum Gasteiger partial charge on any atom is 0.232 e. The van der Waals surface area contributed by atoms with Crippen molar-refractivity contribution in [1.82, 2.24) is 4.90 Å². The third kappa shape index (κ3) is 3.10. The molecular formula is C15H20ClNO2. The fraction of sp³-hybridized carbons (Fsp3) is 0.533. The highest BCUT2D eigenvalue weighted by Gasteiger charge is 2.35. The number of aliphatic hydroxyl groups excluding tert-OH is 1. The van der Waals surface area contributed by atoms with Gasteiger partial charge in [0.15, 0.2) is 0 Å². The molecule has 1 fully saturated rings. The highest BCUT2D eigenvalue weighted by atomic mass is 35.5. The first kappa shape index (κ1) is 14.4. The molecule has 1 aromatic rings. The normalized spacial score (nSPS) is 17.6. The molecule has 0 bridgehead atoms.